The monoisotopic (exact) mass is 278 g/mol. The van der Waals surface area contributed by atoms with E-state index >= 15 is 0 Å². The fourth-order valence-corrected chi connectivity index (χ4v) is 3.22. The number of nitrogen functional groups attached to an aromatic ring is 1. The van der Waals surface area contributed by atoms with Gasteiger partial charge in [-0.3, -0.25) is 4.72 Å². The molecule has 0 radical (unpaired) electrons. The first kappa shape index (κ1) is 12.0. The van der Waals surface area contributed by atoms with Crippen molar-refractivity contribution < 1.29 is 8.42 Å². The molecule has 0 bridgehead atoms. The summed E-state index contributed by atoms with van der Waals surface area (Å²) in [5.41, 5.74) is 7.78. The number of imidazole rings is 1. The molecule has 0 unspecified atom stereocenters. The maximum atomic E-state index is 11.8. The van der Waals surface area contributed by atoms with Crippen molar-refractivity contribution in [3.8, 4) is 11.3 Å². The van der Waals surface area contributed by atoms with Gasteiger partial charge in [-0.05, 0) is 30.5 Å². The van der Waals surface area contributed by atoms with E-state index in [1.165, 1.54) is 0 Å². The molecule has 1 aromatic carbocycles. The zero-order valence-electron chi connectivity index (χ0n) is 10.1. The van der Waals surface area contributed by atoms with E-state index in [0.29, 0.717) is 11.6 Å². The lowest BCUT2D eigenvalue weighted by Gasteiger charge is -2.07. The zero-order valence-corrected chi connectivity index (χ0v) is 10.9. The van der Waals surface area contributed by atoms with Crippen LogP contribution in [0.2, 0.25) is 0 Å². The Bertz CT molecular complexity index is 687. The Labute approximate surface area is 111 Å². The molecule has 0 aliphatic heterocycles. The molecule has 1 saturated carbocycles. The fraction of sp³-hybridized carbons (Fsp3) is 0.250. The Morgan fingerprint density at radius 1 is 1.26 bits per heavy atom. The molecule has 0 atom stereocenters. The number of hydrogen-bond acceptors (Lipinski definition) is 4. The molecule has 19 heavy (non-hydrogen) atoms. The first-order valence-corrected chi connectivity index (χ1v) is 7.52. The minimum Gasteiger partial charge on any atom is -0.369 e. The molecule has 1 aliphatic rings. The molecule has 1 aromatic heterocycles. The van der Waals surface area contributed by atoms with Gasteiger partial charge >= 0.3 is 0 Å². The van der Waals surface area contributed by atoms with Gasteiger partial charge in [-0.1, -0.05) is 12.1 Å². The molecule has 1 fully saturated rings. The summed E-state index contributed by atoms with van der Waals surface area (Å²) in [6, 6.07) is 7.09. The predicted molar refractivity (Wildman–Crippen MR) is 74.0 cm³/mol. The van der Waals surface area contributed by atoms with Gasteiger partial charge in [0, 0.05) is 5.69 Å². The van der Waals surface area contributed by atoms with Crippen molar-refractivity contribution in [3.63, 3.8) is 0 Å². The van der Waals surface area contributed by atoms with Gasteiger partial charge in [-0.15, -0.1) is 0 Å². The van der Waals surface area contributed by atoms with E-state index in [1.807, 2.05) is 12.1 Å². The number of rotatable bonds is 4. The first-order chi connectivity index (χ1) is 9.04. The number of aromatic amines is 1. The molecular weight excluding hydrogens is 264 g/mol. The SMILES string of the molecule is Nc1ncc(-c2ccc(NS(=O)(=O)C3CC3)cc2)[nH]1. The molecule has 7 heteroatoms. The Balaban J connectivity index is 1.79. The summed E-state index contributed by atoms with van der Waals surface area (Å²) < 4.78 is 26.1. The molecular formula is C12H14N4O2S. The van der Waals surface area contributed by atoms with E-state index in [0.717, 1.165) is 24.1 Å². The van der Waals surface area contributed by atoms with E-state index in [2.05, 4.69) is 14.7 Å². The summed E-state index contributed by atoms with van der Waals surface area (Å²) in [6.07, 6.45) is 3.14. The second-order valence-corrected chi connectivity index (χ2v) is 6.57. The van der Waals surface area contributed by atoms with Crippen LogP contribution in [-0.4, -0.2) is 23.6 Å². The molecule has 0 spiro atoms. The quantitative estimate of drug-likeness (QED) is 0.790. The van der Waals surface area contributed by atoms with Gasteiger partial charge in [0.1, 0.15) is 0 Å². The Hall–Kier alpha value is -2.02. The van der Waals surface area contributed by atoms with E-state index in [1.54, 1.807) is 18.3 Å². The van der Waals surface area contributed by atoms with Crippen LogP contribution in [0.4, 0.5) is 11.6 Å². The van der Waals surface area contributed by atoms with Gasteiger partial charge in [0.25, 0.3) is 0 Å². The number of H-pyrrole nitrogens is 1. The number of hydrogen-bond donors (Lipinski definition) is 3. The highest BCUT2D eigenvalue weighted by molar-refractivity contribution is 7.93. The van der Waals surface area contributed by atoms with Crippen LogP contribution in [0.3, 0.4) is 0 Å². The first-order valence-electron chi connectivity index (χ1n) is 5.97. The van der Waals surface area contributed by atoms with Crippen molar-refractivity contribution in [2.24, 2.45) is 0 Å². The van der Waals surface area contributed by atoms with E-state index in [4.69, 9.17) is 5.73 Å². The number of aromatic nitrogens is 2. The second-order valence-electron chi connectivity index (χ2n) is 4.61. The Kier molecular flexibility index (Phi) is 2.70. The van der Waals surface area contributed by atoms with Gasteiger partial charge in [0.2, 0.25) is 10.0 Å². The van der Waals surface area contributed by atoms with Gasteiger partial charge in [0.05, 0.1) is 17.1 Å². The summed E-state index contributed by atoms with van der Waals surface area (Å²) in [7, 11) is -3.20. The zero-order chi connectivity index (χ0) is 13.5. The molecule has 2 aromatic rings. The number of benzene rings is 1. The van der Waals surface area contributed by atoms with Crippen LogP contribution < -0.4 is 10.5 Å². The summed E-state index contributed by atoms with van der Waals surface area (Å²) in [5.74, 6) is 0.355. The topological polar surface area (TPSA) is 101 Å². The largest absolute Gasteiger partial charge is 0.369 e. The lowest BCUT2D eigenvalue weighted by molar-refractivity contribution is 0.600. The maximum absolute atomic E-state index is 11.8. The molecule has 0 amide bonds. The smallest absolute Gasteiger partial charge is 0.235 e. The average molecular weight is 278 g/mol. The lowest BCUT2D eigenvalue weighted by atomic mass is 10.1. The highest BCUT2D eigenvalue weighted by Gasteiger charge is 2.35. The molecule has 100 valence electrons. The third-order valence-corrected chi connectivity index (χ3v) is 4.88. The minimum absolute atomic E-state index is 0.223. The van der Waals surface area contributed by atoms with Crippen LogP contribution in [0.1, 0.15) is 12.8 Å². The predicted octanol–water partition coefficient (Wildman–Crippen LogP) is 1.56. The van der Waals surface area contributed by atoms with Crippen LogP contribution in [0.5, 0.6) is 0 Å². The molecule has 1 aliphatic carbocycles. The molecule has 3 rings (SSSR count). The summed E-state index contributed by atoms with van der Waals surface area (Å²) >= 11 is 0. The lowest BCUT2D eigenvalue weighted by Crippen LogP contribution is -2.17. The standard InChI is InChI=1S/C12H14N4O2S/c13-12-14-7-11(15-12)8-1-3-9(4-2-8)16-19(17,18)10-5-6-10/h1-4,7,10,16H,5-6H2,(H3,13,14,15). The molecule has 4 N–H and O–H groups in total. The normalized spacial score (nSPS) is 15.4. The number of nitrogens with zero attached hydrogens (tertiary/aromatic N) is 1. The van der Waals surface area contributed by atoms with Crippen LogP contribution in [-0.2, 0) is 10.0 Å². The van der Waals surface area contributed by atoms with Gasteiger partial charge in [0.15, 0.2) is 5.95 Å². The number of nitrogens with two attached hydrogens (primary N) is 1. The summed E-state index contributed by atoms with van der Waals surface area (Å²) in [6.45, 7) is 0. The summed E-state index contributed by atoms with van der Waals surface area (Å²) in [4.78, 5) is 6.83. The fourth-order valence-electron chi connectivity index (χ4n) is 1.83. The molecule has 0 saturated heterocycles. The summed E-state index contributed by atoms with van der Waals surface area (Å²) in [5, 5.41) is -0.223. The molecule has 1 heterocycles. The van der Waals surface area contributed by atoms with Crippen molar-refractivity contribution in [2.45, 2.75) is 18.1 Å². The highest BCUT2D eigenvalue weighted by atomic mass is 32.2. The number of nitrogens with one attached hydrogen (secondary N) is 2. The third-order valence-electron chi connectivity index (χ3n) is 3.01. The van der Waals surface area contributed by atoms with Crippen LogP contribution in [0.25, 0.3) is 11.3 Å². The molecule has 6 nitrogen and oxygen atoms in total. The van der Waals surface area contributed by atoms with E-state index in [-0.39, 0.29) is 5.25 Å². The van der Waals surface area contributed by atoms with Crippen LogP contribution in [0.15, 0.2) is 30.5 Å². The third kappa shape index (κ3) is 2.55. The Morgan fingerprint density at radius 2 is 1.95 bits per heavy atom. The second kappa shape index (κ2) is 4.27. The van der Waals surface area contributed by atoms with Crippen molar-refractivity contribution in [1.29, 1.82) is 0 Å². The van der Waals surface area contributed by atoms with Crippen molar-refractivity contribution >= 4 is 21.7 Å². The van der Waals surface area contributed by atoms with Gasteiger partial charge in [-0.2, -0.15) is 0 Å². The average Bonchev–Trinajstić information content (AvgIpc) is 3.14. The minimum atomic E-state index is -3.20. The van der Waals surface area contributed by atoms with Gasteiger partial charge in [-0.25, -0.2) is 13.4 Å². The van der Waals surface area contributed by atoms with Crippen molar-refractivity contribution in [3.05, 3.63) is 30.5 Å². The van der Waals surface area contributed by atoms with Gasteiger partial charge < -0.3 is 10.7 Å². The maximum Gasteiger partial charge on any atom is 0.235 e. The van der Waals surface area contributed by atoms with Crippen molar-refractivity contribution in [2.75, 3.05) is 10.5 Å². The Morgan fingerprint density at radius 3 is 2.47 bits per heavy atom. The highest BCUT2D eigenvalue weighted by Crippen LogP contribution is 2.30. The number of sulfonamides is 1. The van der Waals surface area contributed by atoms with E-state index < -0.39 is 10.0 Å². The van der Waals surface area contributed by atoms with E-state index in [9.17, 15) is 8.42 Å². The van der Waals surface area contributed by atoms with Crippen molar-refractivity contribution in [1.82, 2.24) is 9.97 Å². The number of anilines is 2. The van der Waals surface area contributed by atoms with Crippen LogP contribution in [0, 0.1) is 0 Å². The van der Waals surface area contributed by atoms with Crippen LogP contribution >= 0.6 is 0 Å².